The number of rotatable bonds is 0. The third-order valence-electron chi connectivity index (χ3n) is 1.30. The van der Waals surface area contributed by atoms with Crippen LogP contribution in [0.25, 0.3) is 0 Å². The molecule has 54 valence electrons. The predicted octanol–water partition coefficient (Wildman–Crippen LogP) is 1.12. The summed E-state index contributed by atoms with van der Waals surface area (Å²) in [4.78, 5) is 0. The van der Waals surface area contributed by atoms with Crippen molar-refractivity contribution in [1.82, 2.24) is 5.10 Å². The molecule has 2 heteroatoms. The third-order valence-corrected chi connectivity index (χ3v) is 1.30. The quantitative estimate of drug-likeness (QED) is 0.490. The van der Waals surface area contributed by atoms with Gasteiger partial charge in [0.1, 0.15) is 0 Å². The average molecular weight is 137 g/mol. The van der Waals surface area contributed by atoms with Crippen molar-refractivity contribution in [3.05, 3.63) is 24.5 Å². The van der Waals surface area contributed by atoms with Crippen molar-refractivity contribution in [1.29, 1.82) is 0 Å². The van der Waals surface area contributed by atoms with E-state index in [1.54, 1.807) is 6.20 Å². The molecule has 0 aromatic carbocycles. The van der Waals surface area contributed by atoms with Gasteiger partial charge in [-0.05, 0) is 11.2 Å². The lowest BCUT2D eigenvalue weighted by Crippen LogP contribution is -2.52. The van der Waals surface area contributed by atoms with Crippen LogP contribution in [0.15, 0.2) is 24.5 Å². The van der Waals surface area contributed by atoms with Gasteiger partial charge in [0, 0.05) is 26.8 Å². The molecular weight excluding hydrogens is 124 g/mol. The Kier molecular flexibility index (Phi) is 1.70. The number of aromatic nitrogens is 2. The zero-order valence-electron chi connectivity index (χ0n) is 6.70. The van der Waals surface area contributed by atoms with Gasteiger partial charge in [-0.2, -0.15) is 0 Å². The minimum absolute atomic E-state index is 0.0985. The van der Waals surface area contributed by atoms with E-state index in [1.165, 1.54) is 0 Å². The molecule has 0 aliphatic heterocycles. The van der Waals surface area contributed by atoms with Gasteiger partial charge in [0.2, 0.25) is 0 Å². The maximum atomic E-state index is 4.17. The summed E-state index contributed by atoms with van der Waals surface area (Å²) < 4.78 is 1.94. The molecule has 0 N–H and O–H groups in total. The molecule has 0 fully saturated rings. The molecule has 0 bridgehead atoms. The Labute approximate surface area is 61.5 Å². The molecular formula is C8H13N2+. The fourth-order valence-electron chi connectivity index (χ4n) is 0.727. The monoisotopic (exact) mass is 137 g/mol. The van der Waals surface area contributed by atoms with Crippen LogP contribution < -0.4 is 4.68 Å². The van der Waals surface area contributed by atoms with Crippen LogP contribution in [0.5, 0.6) is 0 Å². The topological polar surface area (TPSA) is 16.8 Å². The van der Waals surface area contributed by atoms with E-state index in [1.807, 2.05) is 23.0 Å². The SMILES string of the molecule is CC(C)(C)[n+]1ccccn1. The Morgan fingerprint density at radius 2 is 1.90 bits per heavy atom. The summed E-state index contributed by atoms with van der Waals surface area (Å²) in [6, 6.07) is 3.90. The van der Waals surface area contributed by atoms with Crippen LogP contribution in [-0.4, -0.2) is 5.10 Å². The molecule has 1 aromatic rings. The largest absolute Gasteiger partial charge is 0.196 e. The second-order valence-electron chi connectivity index (χ2n) is 3.31. The van der Waals surface area contributed by atoms with Crippen molar-refractivity contribution in [2.45, 2.75) is 26.3 Å². The highest BCUT2D eigenvalue weighted by molar-refractivity contribution is 4.77. The Bertz CT molecular complexity index is 198. The minimum atomic E-state index is 0.0985. The number of hydrogen-bond donors (Lipinski definition) is 0. The van der Waals surface area contributed by atoms with E-state index < -0.39 is 0 Å². The van der Waals surface area contributed by atoms with Crippen LogP contribution >= 0.6 is 0 Å². The molecule has 0 radical (unpaired) electrons. The van der Waals surface area contributed by atoms with E-state index in [0.717, 1.165) is 0 Å². The molecule has 0 saturated carbocycles. The van der Waals surface area contributed by atoms with Gasteiger partial charge in [0.05, 0.1) is 6.20 Å². The average Bonchev–Trinajstić information content (AvgIpc) is 1.88. The van der Waals surface area contributed by atoms with Gasteiger partial charge in [0.15, 0.2) is 11.7 Å². The zero-order chi connectivity index (χ0) is 7.61. The molecule has 0 saturated heterocycles. The Morgan fingerprint density at radius 1 is 1.20 bits per heavy atom. The van der Waals surface area contributed by atoms with E-state index in [0.29, 0.717) is 0 Å². The van der Waals surface area contributed by atoms with Crippen LogP contribution in [0, 0.1) is 0 Å². The van der Waals surface area contributed by atoms with Crippen molar-refractivity contribution in [2.24, 2.45) is 0 Å². The first-order valence-corrected chi connectivity index (χ1v) is 3.44. The lowest BCUT2D eigenvalue weighted by molar-refractivity contribution is -0.806. The summed E-state index contributed by atoms with van der Waals surface area (Å²) in [5, 5.41) is 4.17. The third kappa shape index (κ3) is 1.53. The normalized spacial score (nSPS) is 11.5. The number of nitrogens with zero attached hydrogens (tertiary/aromatic N) is 2. The molecule has 0 unspecified atom stereocenters. The molecule has 1 heterocycles. The van der Waals surface area contributed by atoms with Crippen LogP contribution in [0.3, 0.4) is 0 Å². The molecule has 0 atom stereocenters. The standard InChI is InChI=1S/C8H13N2/c1-8(2,3)10-7-5-4-6-9-10/h4-7H,1-3H3/q+1. The zero-order valence-corrected chi connectivity index (χ0v) is 6.70. The Hall–Kier alpha value is -0.920. The summed E-state index contributed by atoms with van der Waals surface area (Å²) in [5.74, 6) is 0. The van der Waals surface area contributed by atoms with Crippen molar-refractivity contribution < 1.29 is 4.68 Å². The summed E-state index contributed by atoms with van der Waals surface area (Å²) in [5.41, 5.74) is 0.0985. The summed E-state index contributed by atoms with van der Waals surface area (Å²) in [6.45, 7) is 6.38. The molecule has 0 amide bonds. The Morgan fingerprint density at radius 3 is 2.20 bits per heavy atom. The molecule has 10 heavy (non-hydrogen) atoms. The summed E-state index contributed by atoms with van der Waals surface area (Å²) in [7, 11) is 0. The molecule has 0 aliphatic rings. The Balaban J connectivity index is 2.97. The smallest absolute Gasteiger partial charge is 0.0869 e. The molecule has 2 nitrogen and oxygen atoms in total. The fraction of sp³-hybridized carbons (Fsp3) is 0.500. The van der Waals surface area contributed by atoms with E-state index in [-0.39, 0.29) is 5.54 Å². The van der Waals surface area contributed by atoms with Crippen molar-refractivity contribution in [3.63, 3.8) is 0 Å². The van der Waals surface area contributed by atoms with Crippen molar-refractivity contribution in [2.75, 3.05) is 0 Å². The highest BCUT2D eigenvalue weighted by atomic mass is 15.3. The van der Waals surface area contributed by atoms with Gasteiger partial charge in [0.25, 0.3) is 0 Å². The first kappa shape index (κ1) is 7.19. The first-order chi connectivity index (χ1) is 4.61. The fourth-order valence-corrected chi connectivity index (χ4v) is 0.727. The highest BCUT2D eigenvalue weighted by Gasteiger charge is 2.21. The van der Waals surface area contributed by atoms with Crippen molar-refractivity contribution in [3.8, 4) is 0 Å². The second kappa shape index (κ2) is 2.37. The van der Waals surface area contributed by atoms with E-state index in [4.69, 9.17) is 0 Å². The molecule has 1 rings (SSSR count). The van der Waals surface area contributed by atoms with Crippen LogP contribution in [-0.2, 0) is 5.54 Å². The molecule has 1 aromatic heterocycles. The van der Waals surface area contributed by atoms with Gasteiger partial charge in [-0.1, -0.05) is 4.68 Å². The van der Waals surface area contributed by atoms with Gasteiger partial charge in [-0.25, -0.2) is 0 Å². The molecule has 0 aliphatic carbocycles. The maximum absolute atomic E-state index is 4.17. The maximum Gasteiger partial charge on any atom is 0.196 e. The van der Waals surface area contributed by atoms with E-state index in [2.05, 4.69) is 25.9 Å². The highest BCUT2D eigenvalue weighted by Crippen LogP contribution is 1.99. The van der Waals surface area contributed by atoms with E-state index in [9.17, 15) is 0 Å². The minimum Gasteiger partial charge on any atom is -0.0869 e. The van der Waals surface area contributed by atoms with Crippen LogP contribution in [0.2, 0.25) is 0 Å². The van der Waals surface area contributed by atoms with Crippen molar-refractivity contribution >= 4 is 0 Å². The predicted molar refractivity (Wildman–Crippen MR) is 39.4 cm³/mol. The van der Waals surface area contributed by atoms with Gasteiger partial charge >= 0.3 is 0 Å². The van der Waals surface area contributed by atoms with E-state index >= 15 is 0 Å². The second-order valence-corrected chi connectivity index (χ2v) is 3.31. The van der Waals surface area contributed by atoms with Gasteiger partial charge in [-0.3, -0.25) is 0 Å². The van der Waals surface area contributed by atoms with Gasteiger partial charge < -0.3 is 0 Å². The summed E-state index contributed by atoms with van der Waals surface area (Å²) in [6.07, 6.45) is 3.77. The van der Waals surface area contributed by atoms with Crippen LogP contribution in [0.1, 0.15) is 20.8 Å². The summed E-state index contributed by atoms with van der Waals surface area (Å²) >= 11 is 0. The van der Waals surface area contributed by atoms with Crippen LogP contribution in [0.4, 0.5) is 0 Å². The lowest BCUT2D eigenvalue weighted by Gasteiger charge is -2.08. The first-order valence-electron chi connectivity index (χ1n) is 3.44. The van der Waals surface area contributed by atoms with Gasteiger partial charge in [-0.15, -0.1) is 0 Å². The molecule has 0 spiro atoms. The lowest BCUT2D eigenvalue weighted by atomic mass is 10.1. The number of hydrogen-bond acceptors (Lipinski definition) is 1.